The number of benzene rings is 2. The summed E-state index contributed by atoms with van der Waals surface area (Å²) in [5, 5.41) is 11.9. The standard InChI is InChI=1S/C20H20N2O5/c23-18(13-15-3-1-2-4-17(15)20(25)26)21-16-7-5-14(6-8-16)19(24)22-9-11-27-12-10-22/h1-8H,9-13H2,(H,21,23)(H,25,26). The maximum atomic E-state index is 12.4. The van der Waals surface area contributed by atoms with E-state index in [9.17, 15) is 19.5 Å². The average Bonchev–Trinajstić information content (AvgIpc) is 2.69. The third-order valence-corrected chi connectivity index (χ3v) is 4.31. The normalized spacial score (nSPS) is 13.9. The highest BCUT2D eigenvalue weighted by atomic mass is 16.5. The zero-order chi connectivity index (χ0) is 19.2. The Morgan fingerprint density at radius 1 is 1.00 bits per heavy atom. The second-order valence-corrected chi connectivity index (χ2v) is 6.17. The van der Waals surface area contributed by atoms with Gasteiger partial charge < -0.3 is 20.1 Å². The zero-order valence-electron chi connectivity index (χ0n) is 14.7. The molecule has 2 aromatic rings. The van der Waals surface area contributed by atoms with Crippen molar-refractivity contribution in [2.24, 2.45) is 0 Å². The van der Waals surface area contributed by atoms with Gasteiger partial charge in [0.2, 0.25) is 5.91 Å². The Labute approximate surface area is 156 Å². The van der Waals surface area contributed by atoms with E-state index in [0.29, 0.717) is 43.1 Å². The summed E-state index contributed by atoms with van der Waals surface area (Å²) in [4.78, 5) is 37.6. The van der Waals surface area contributed by atoms with Gasteiger partial charge in [0.25, 0.3) is 5.91 Å². The van der Waals surface area contributed by atoms with Crippen LogP contribution < -0.4 is 5.32 Å². The Morgan fingerprint density at radius 2 is 1.67 bits per heavy atom. The lowest BCUT2D eigenvalue weighted by molar-refractivity contribution is -0.115. The molecule has 0 aliphatic carbocycles. The fourth-order valence-electron chi connectivity index (χ4n) is 2.91. The number of carboxylic acid groups (broad SMARTS) is 1. The monoisotopic (exact) mass is 368 g/mol. The molecule has 1 aliphatic rings. The van der Waals surface area contributed by atoms with Gasteiger partial charge in [-0.25, -0.2) is 4.79 Å². The Balaban J connectivity index is 1.62. The van der Waals surface area contributed by atoms with Gasteiger partial charge in [0.05, 0.1) is 25.2 Å². The number of carboxylic acids is 1. The van der Waals surface area contributed by atoms with Gasteiger partial charge in [-0.05, 0) is 35.9 Å². The number of amides is 2. The molecule has 1 aliphatic heterocycles. The van der Waals surface area contributed by atoms with E-state index >= 15 is 0 Å². The topological polar surface area (TPSA) is 95.9 Å². The second kappa shape index (κ2) is 8.46. The van der Waals surface area contributed by atoms with Gasteiger partial charge in [0, 0.05) is 24.3 Å². The number of morpholine rings is 1. The zero-order valence-corrected chi connectivity index (χ0v) is 14.7. The molecule has 0 atom stereocenters. The van der Waals surface area contributed by atoms with Crippen molar-refractivity contribution in [3.63, 3.8) is 0 Å². The van der Waals surface area contributed by atoms with Crippen LogP contribution in [-0.4, -0.2) is 54.1 Å². The van der Waals surface area contributed by atoms with Crippen molar-refractivity contribution in [3.05, 3.63) is 65.2 Å². The van der Waals surface area contributed by atoms with Gasteiger partial charge in [0.15, 0.2) is 0 Å². The lowest BCUT2D eigenvalue weighted by atomic mass is 10.0. The van der Waals surface area contributed by atoms with Crippen LogP contribution in [0.5, 0.6) is 0 Å². The van der Waals surface area contributed by atoms with Crippen LogP contribution in [0.2, 0.25) is 0 Å². The molecule has 0 aromatic heterocycles. The summed E-state index contributed by atoms with van der Waals surface area (Å²) in [5.74, 6) is -1.45. The van der Waals surface area contributed by atoms with Crippen molar-refractivity contribution in [1.29, 1.82) is 0 Å². The molecule has 1 saturated heterocycles. The number of aromatic carboxylic acids is 1. The number of nitrogens with one attached hydrogen (secondary N) is 1. The van der Waals surface area contributed by atoms with Crippen LogP contribution in [0.15, 0.2) is 48.5 Å². The molecular weight excluding hydrogens is 348 g/mol. The predicted molar refractivity (Wildman–Crippen MR) is 98.9 cm³/mol. The molecular formula is C20H20N2O5. The van der Waals surface area contributed by atoms with Crippen molar-refractivity contribution in [2.75, 3.05) is 31.6 Å². The molecule has 2 N–H and O–H groups in total. The molecule has 0 unspecified atom stereocenters. The number of nitrogens with zero attached hydrogens (tertiary/aromatic N) is 1. The van der Waals surface area contributed by atoms with Gasteiger partial charge in [0.1, 0.15) is 0 Å². The highest BCUT2D eigenvalue weighted by Gasteiger charge is 2.18. The van der Waals surface area contributed by atoms with Crippen LogP contribution in [-0.2, 0) is 16.0 Å². The van der Waals surface area contributed by atoms with Crippen molar-refractivity contribution in [1.82, 2.24) is 4.90 Å². The van der Waals surface area contributed by atoms with E-state index in [1.807, 2.05) is 0 Å². The van der Waals surface area contributed by atoms with Crippen molar-refractivity contribution >= 4 is 23.5 Å². The van der Waals surface area contributed by atoms with Crippen molar-refractivity contribution in [2.45, 2.75) is 6.42 Å². The summed E-state index contributed by atoms with van der Waals surface area (Å²) in [7, 11) is 0. The minimum atomic E-state index is -1.07. The van der Waals surface area contributed by atoms with Crippen molar-refractivity contribution < 1.29 is 24.2 Å². The number of carbonyl (C=O) groups excluding carboxylic acids is 2. The average molecular weight is 368 g/mol. The lowest BCUT2D eigenvalue weighted by Gasteiger charge is -2.26. The summed E-state index contributed by atoms with van der Waals surface area (Å²) < 4.78 is 5.24. The van der Waals surface area contributed by atoms with Crippen LogP contribution in [0.25, 0.3) is 0 Å². The van der Waals surface area contributed by atoms with Crippen LogP contribution >= 0.6 is 0 Å². The van der Waals surface area contributed by atoms with Gasteiger partial charge in [-0.1, -0.05) is 18.2 Å². The molecule has 7 nitrogen and oxygen atoms in total. The minimum Gasteiger partial charge on any atom is -0.478 e. The Hall–Kier alpha value is -3.19. The molecule has 0 spiro atoms. The third-order valence-electron chi connectivity index (χ3n) is 4.31. The molecule has 0 saturated carbocycles. The number of ether oxygens (including phenoxy) is 1. The highest BCUT2D eigenvalue weighted by molar-refractivity contribution is 5.97. The summed E-state index contributed by atoms with van der Waals surface area (Å²) >= 11 is 0. The first-order valence-corrected chi connectivity index (χ1v) is 8.63. The first-order chi connectivity index (χ1) is 13.0. The van der Waals surface area contributed by atoms with E-state index in [0.717, 1.165) is 0 Å². The number of anilines is 1. The summed E-state index contributed by atoms with van der Waals surface area (Å²) in [5.41, 5.74) is 1.65. The first-order valence-electron chi connectivity index (χ1n) is 8.63. The quantitative estimate of drug-likeness (QED) is 0.842. The maximum absolute atomic E-state index is 12.4. The van der Waals surface area contributed by atoms with Crippen molar-refractivity contribution in [3.8, 4) is 0 Å². The lowest BCUT2D eigenvalue weighted by Crippen LogP contribution is -2.40. The van der Waals surface area contributed by atoms with Crippen LogP contribution in [0.3, 0.4) is 0 Å². The number of carbonyl (C=O) groups is 3. The van der Waals surface area contributed by atoms with E-state index in [2.05, 4.69) is 5.32 Å². The summed E-state index contributed by atoms with van der Waals surface area (Å²) in [6.45, 7) is 2.22. The Kier molecular flexibility index (Phi) is 5.83. The second-order valence-electron chi connectivity index (χ2n) is 6.17. The molecule has 2 amide bonds. The van der Waals surface area contributed by atoms with Gasteiger partial charge in [-0.2, -0.15) is 0 Å². The van der Waals surface area contributed by atoms with Crippen LogP contribution in [0.4, 0.5) is 5.69 Å². The van der Waals surface area contributed by atoms with Crippen LogP contribution in [0, 0.1) is 0 Å². The number of hydrogen-bond acceptors (Lipinski definition) is 4. The molecule has 0 bridgehead atoms. The van der Waals surface area contributed by atoms with E-state index < -0.39 is 5.97 Å². The molecule has 0 radical (unpaired) electrons. The molecule has 7 heteroatoms. The van der Waals surface area contributed by atoms with Crippen LogP contribution in [0.1, 0.15) is 26.3 Å². The smallest absolute Gasteiger partial charge is 0.335 e. The predicted octanol–water partition coefficient (Wildman–Crippen LogP) is 2.04. The molecule has 1 fully saturated rings. The fraction of sp³-hybridized carbons (Fsp3) is 0.250. The first kappa shape index (κ1) is 18.6. The van der Waals surface area contributed by atoms with E-state index in [-0.39, 0.29) is 23.8 Å². The molecule has 1 heterocycles. The largest absolute Gasteiger partial charge is 0.478 e. The summed E-state index contributed by atoms with van der Waals surface area (Å²) in [6, 6.07) is 13.1. The Bertz CT molecular complexity index is 842. The van der Waals surface area contributed by atoms with Gasteiger partial charge >= 0.3 is 5.97 Å². The number of rotatable bonds is 5. The van der Waals surface area contributed by atoms with Gasteiger partial charge in [-0.3, -0.25) is 9.59 Å². The highest BCUT2D eigenvalue weighted by Crippen LogP contribution is 2.14. The van der Waals surface area contributed by atoms with E-state index in [1.54, 1.807) is 47.4 Å². The fourth-order valence-corrected chi connectivity index (χ4v) is 2.91. The summed E-state index contributed by atoms with van der Waals surface area (Å²) in [6.07, 6.45) is -0.0447. The third kappa shape index (κ3) is 4.71. The molecule has 140 valence electrons. The maximum Gasteiger partial charge on any atom is 0.335 e. The number of hydrogen-bond donors (Lipinski definition) is 2. The Morgan fingerprint density at radius 3 is 2.33 bits per heavy atom. The van der Waals surface area contributed by atoms with E-state index in [4.69, 9.17) is 4.74 Å². The minimum absolute atomic E-state index is 0.0447. The molecule has 2 aromatic carbocycles. The molecule has 27 heavy (non-hydrogen) atoms. The van der Waals surface area contributed by atoms with Gasteiger partial charge in [-0.15, -0.1) is 0 Å². The van der Waals surface area contributed by atoms with E-state index in [1.165, 1.54) is 6.07 Å². The molecule has 3 rings (SSSR count). The SMILES string of the molecule is O=C(Cc1ccccc1C(=O)O)Nc1ccc(C(=O)N2CCOCC2)cc1.